The lowest BCUT2D eigenvalue weighted by atomic mass is 9.98. The molecule has 7 heteroatoms. The predicted octanol–water partition coefficient (Wildman–Crippen LogP) is 3.45. The van der Waals surface area contributed by atoms with E-state index in [2.05, 4.69) is 24.0 Å². The minimum atomic E-state index is 0. The third-order valence-electron chi connectivity index (χ3n) is 6.47. The smallest absolute Gasteiger partial charge is 0.259 e. The summed E-state index contributed by atoms with van der Waals surface area (Å²) in [6, 6.07) is 2.23. The van der Waals surface area contributed by atoms with E-state index < -0.39 is 0 Å². The maximum absolute atomic E-state index is 13.5. The first kappa shape index (κ1) is 18.7. The van der Waals surface area contributed by atoms with Gasteiger partial charge in [-0.25, -0.2) is 4.98 Å². The van der Waals surface area contributed by atoms with Gasteiger partial charge in [0.2, 0.25) is 0 Å². The Bertz CT molecular complexity index is 876. The molecule has 1 amide bonds. The van der Waals surface area contributed by atoms with Crippen LogP contribution in [0.5, 0.6) is 0 Å². The number of likely N-dealkylation sites (tertiary alicyclic amines) is 1. The molecule has 2 aromatic heterocycles. The summed E-state index contributed by atoms with van der Waals surface area (Å²) in [6.07, 6.45) is 4.51. The van der Waals surface area contributed by atoms with Gasteiger partial charge >= 0.3 is 0 Å². The summed E-state index contributed by atoms with van der Waals surface area (Å²) in [6.45, 7) is 5.73. The number of carbonyl (C=O) groups excluding carboxylic acids is 1. The van der Waals surface area contributed by atoms with Gasteiger partial charge in [-0.1, -0.05) is 19.0 Å². The van der Waals surface area contributed by atoms with Gasteiger partial charge in [-0.05, 0) is 49.5 Å². The Morgan fingerprint density at radius 3 is 2.70 bits per heavy atom. The molecule has 1 aliphatic heterocycles. The fourth-order valence-corrected chi connectivity index (χ4v) is 4.79. The van der Waals surface area contributed by atoms with Crippen molar-refractivity contribution in [1.29, 1.82) is 0 Å². The highest BCUT2D eigenvalue weighted by Crippen LogP contribution is 2.42. The molecular weight excluding hydrogens is 364 g/mol. The van der Waals surface area contributed by atoms with E-state index in [-0.39, 0.29) is 30.3 Å². The van der Waals surface area contributed by atoms with Crippen molar-refractivity contribution in [2.24, 2.45) is 17.6 Å². The Hall–Kier alpha value is -1.66. The summed E-state index contributed by atoms with van der Waals surface area (Å²) in [4.78, 5) is 20.1. The van der Waals surface area contributed by atoms with Gasteiger partial charge in [-0.3, -0.25) is 4.79 Å². The molecule has 6 nitrogen and oxygen atoms in total. The summed E-state index contributed by atoms with van der Waals surface area (Å²) in [7, 11) is 0. The molecule has 146 valence electrons. The number of aromatic nitrogens is 2. The van der Waals surface area contributed by atoms with Gasteiger partial charge in [0.15, 0.2) is 0 Å². The number of fused-ring (bicyclic) bond motifs is 2. The molecular formula is C20H27ClN4O2. The largest absolute Gasteiger partial charge is 0.338 e. The third-order valence-corrected chi connectivity index (χ3v) is 6.47. The monoisotopic (exact) mass is 390 g/mol. The average molecular weight is 391 g/mol. The standard InChI is InChI=1S/C20H26N4O2.ClH/c1-10(2)18-17-13(7-16(11-3-4-11)22-19(17)26-23-18)20(25)24-8-12-5-6-15(21)14(12)9-24;/h7,10-12,14-15H,3-6,8-9,21H2,1-2H3;1H. The van der Waals surface area contributed by atoms with Crippen LogP contribution in [0.4, 0.5) is 0 Å². The molecule has 2 N–H and O–H groups in total. The first-order chi connectivity index (χ1) is 12.5. The number of halogens is 1. The maximum Gasteiger partial charge on any atom is 0.259 e. The van der Waals surface area contributed by atoms with Crippen molar-refractivity contribution in [2.45, 2.75) is 57.4 Å². The first-order valence-electron chi connectivity index (χ1n) is 9.88. The fraction of sp³-hybridized carbons (Fsp3) is 0.650. The van der Waals surface area contributed by atoms with Crippen LogP contribution in [0.1, 0.15) is 73.1 Å². The van der Waals surface area contributed by atoms with E-state index in [1.807, 2.05) is 11.0 Å². The molecule has 0 radical (unpaired) electrons. The van der Waals surface area contributed by atoms with E-state index in [1.54, 1.807) is 0 Å². The van der Waals surface area contributed by atoms with Crippen molar-refractivity contribution in [3.63, 3.8) is 0 Å². The van der Waals surface area contributed by atoms with E-state index in [1.165, 1.54) is 0 Å². The first-order valence-corrected chi connectivity index (χ1v) is 9.88. The molecule has 5 rings (SSSR count). The topological polar surface area (TPSA) is 85.2 Å². The van der Waals surface area contributed by atoms with Crippen molar-refractivity contribution in [3.05, 3.63) is 23.0 Å². The zero-order chi connectivity index (χ0) is 18.0. The SMILES string of the molecule is CC(C)c1noc2nc(C3CC3)cc(C(=O)N3CC4CCC(N)C4C3)c12.Cl. The van der Waals surface area contributed by atoms with Gasteiger partial charge in [-0.2, -0.15) is 0 Å². The van der Waals surface area contributed by atoms with Gasteiger partial charge in [0.1, 0.15) is 0 Å². The highest BCUT2D eigenvalue weighted by Gasteiger charge is 2.43. The van der Waals surface area contributed by atoms with Crippen LogP contribution in [0.2, 0.25) is 0 Å². The van der Waals surface area contributed by atoms with Crippen molar-refractivity contribution >= 4 is 29.4 Å². The van der Waals surface area contributed by atoms with Crippen LogP contribution in [0, 0.1) is 11.8 Å². The van der Waals surface area contributed by atoms with Crippen LogP contribution in [-0.2, 0) is 0 Å². The van der Waals surface area contributed by atoms with Crippen molar-refractivity contribution < 1.29 is 9.32 Å². The Kier molecular flexibility index (Phi) is 4.67. The lowest BCUT2D eigenvalue weighted by Gasteiger charge is -2.20. The van der Waals surface area contributed by atoms with Crippen molar-refractivity contribution in [1.82, 2.24) is 15.0 Å². The average Bonchev–Trinajstić information content (AvgIpc) is 3.09. The maximum atomic E-state index is 13.5. The molecule has 0 aromatic carbocycles. The number of nitrogens with two attached hydrogens (primary N) is 1. The lowest BCUT2D eigenvalue weighted by Crippen LogP contribution is -2.33. The van der Waals surface area contributed by atoms with E-state index in [9.17, 15) is 4.79 Å². The molecule has 0 bridgehead atoms. The van der Waals surface area contributed by atoms with Crippen LogP contribution in [-0.4, -0.2) is 40.1 Å². The molecule has 27 heavy (non-hydrogen) atoms. The third kappa shape index (κ3) is 3.03. The number of pyridine rings is 1. The summed E-state index contributed by atoms with van der Waals surface area (Å²) in [5, 5.41) is 5.03. The zero-order valence-corrected chi connectivity index (χ0v) is 16.7. The van der Waals surface area contributed by atoms with Crippen LogP contribution in [0.3, 0.4) is 0 Å². The molecule has 0 spiro atoms. The lowest BCUT2D eigenvalue weighted by molar-refractivity contribution is 0.0781. The predicted molar refractivity (Wildman–Crippen MR) is 105 cm³/mol. The van der Waals surface area contributed by atoms with E-state index in [4.69, 9.17) is 10.3 Å². The number of amides is 1. The van der Waals surface area contributed by atoms with Crippen molar-refractivity contribution in [3.8, 4) is 0 Å². The number of hydrogen-bond donors (Lipinski definition) is 1. The Morgan fingerprint density at radius 2 is 2.04 bits per heavy atom. The summed E-state index contributed by atoms with van der Waals surface area (Å²) < 4.78 is 5.52. The van der Waals surface area contributed by atoms with Gasteiger partial charge in [0, 0.05) is 30.7 Å². The summed E-state index contributed by atoms with van der Waals surface area (Å²) in [5.74, 6) is 1.74. The number of nitrogens with zero attached hydrogens (tertiary/aromatic N) is 3. The van der Waals surface area contributed by atoms with E-state index in [0.717, 1.165) is 61.1 Å². The Balaban J connectivity index is 0.00000180. The highest BCUT2D eigenvalue weighted by atomic mass is 35.5. The van der Waals surface area contributed by atoms with Gasteiger partial charge < -0.3 is 15.2 Å². The van der Waals surface area contributed by atoms with Crippen LogP contribution in [0.15, 0.2) is 10.6 Å². The minimum absolute atomic E-state index is 0. The van der Waals surface area contributed by atoms with E-state index >= 15 is 0 Å². The second kappa shape index (κ2) is 6.74. The molecule has 3 heterocycles. The quantitative estimate of drug-likeness (QED) is 0.867. The Morgan fingerprint density at radius 1 is 1.26 bits per heavy atom. The highest BCUT2D eigenvalue weighted by molar-refractivity contribution is 6.06. The molecule has 2 aliphatic carbocycles. The second-order valence-electron chi connectivity index (χ2n) is 8.65. The van der Waals surface area contributed by atoms with Crippen LogP contribution >= 0.6 is 12.4 Å². The molecule has 3 fully saturated rings. The zero-order valence-electron chi connectivity index (χ0n) is 15.9. The molecule has 3 aliphatic rings. The number of rotatable bonds is 3. The molecule has 1 saturated heterocycles. The fourth-order valence-electron chi connectivity index (χ4n) is 4.79. The molecule has 3 unspecified atom stereocenters. The normalized spacial score (nSPS) is 27.3. The molecule has 3 atom stereocenters. The van der Waals surface area contributed by atoms with Gasteiger partial charge in [-0.15, -0.1) is 12.4 Å². The summed E-state index contributed by atoms with van der Waals surface area (Å²) >= 11 is 0. The Labute approximate surface area is 165 Å². The van der Waals surface area contributed by atoms with Crippen molar-refractivity contribution in [2.75, 3.05) is 13.1 Å². The number of carbonyl (C=O) groups is 1. The van der Waals surface area contributed by atoms with E-state index in [0.29, 0.717) is 23.5 Å². The number of hydrogen-bond acceptors (Lipinski definition) is 5. The second-order valence-corrected chi connectivity index (χ2v) is 8.65. The van der Waals surface area contributed by atoms with Crippen LogP contribution < -0.4 is 5.73 Å². The minimum Gasteiger partial charge on any atom is -0.338 e. The summed E-state index contributed by atoms with van der Waals surface area (Å²) in [5.41, 5.74) is 9.29. The molecule has 2 aromatic rings. The van der Waals surface area contributed by atoms with Gasteiger partial charge in [0.25, 0.3) is 11.6 Å². The molecule has 2 saturated carbocycles. The van der Waals surface area contributed by atoms with Gasteiger partial charge in [0.05, 0.1) is 16.6 Å². The van der Waals surface area contributed by atoms with Crippen LogP contribution in [0.25, 0.3) is 11.1 Å².